The molecular weight excluding hydrogens is 255 g/mol. The van der Waals surface area contributed by atoms with E-state index in [-0.39, 0.29) is 11.7 Å². The molecule has 2 atom stereocenters. The van der Waals surface area contributed by atoms with Crippen LogP contribution in [0.25, 0.3) is 0 Å². The van der Waals surface area contributed by atoms with Crippen LogP contribution in [0, 0.1) is 12.7 Å². The molecule has 0 saturated heterocycles. The van der Waals surface area contributed by atoms with Gasteiger partial charge in [0.25, 0.3) is 0 Å². The van der Waals surface area contributed by atoms with E-state index in [2.05, 4.69) is 0 Å². The lowest BCUT2D eigenvalue weighted by molar-refractivity contribution is 0.129. The van der Waals surface area contributed by atoms with Crippen LogP contribution in [0.3, 0.4) is 0 Å². The van der Waals surface area contributed by atoms with Crippen LogP contribution in [-0.4, -0.2) is 17.8 Å². The second-order valence-corrected chi connectivity index (χ2v) is 5.30. The summed E-state index contributed by atoms with van der Waals surface area (Å²) in [6.45, 7) is 2.37. The summed E-state index contributed by atoms with van der Waals surface area (Å²) in [5.74, 6) is 0.596. The zero-order valence-corrected chi connectivity index (χ0v) is 11.3. The van der Waals surface area contributed by atoms with Crippen LogP contribution in [0.1, 0.15) is 22.6 Å². The number of ether oxygens (including phenoxy) is 1. The van der Waals surface area contributed by atoms with E-state index in [1.807, 2.05) is 31.2 Å². The van der Waals surface area contributed by atoms with Gasteiger partial charge in [0.05, 0.1) is 12.7 Å². The van der Waals surface area contributed by atoms with Gasteiger partial charge >= 0.3 is 0 Å². The van der Waals surface area contributed by atoms with Crippen LogP contribution in [-0.2, 0) is 6.42 Å². The third kappa shape index (κ3) is 2.41. The first-order chi connectivity index (χ1) is 9.65. The summed E-state index contributed by atoms with van der Waals surface area (Å²) in [5.41, 5.74) is 2.90. The highest BCUT2D eigenvalue weighted by atomic mass is 19.1. The minimum atomic E-state index is -0.525. The van der Waals surface area contributed by atoms with Gasteiger partial charge in [-0.05, 0) is 42.7 Å². The van der Waals surface area contributed by atoms with Crippen LogP contribution in [0.4, 0.5) is 4.39 Å². The van der Waals surface area contributed by atoms with Crippen molar-refractivity contribution in [2.75, 3.05) is 6.61 Å². The predicted molar refractivity (Wildman–Crippen MR) is 75.5 cm³/mol. The van der Waals surface area contributed by atoms with Crippen molar-refractivity contribution in [3.8, 4) is 5.75 Å². The quantitative estimate of drug-likeness (QED) is 0.929. The predicted octanol–water partition coefficient (Wildman–Crippen LogP) is 3.21. The molecule has 0 bridgehead atoms. The molecule has 2 nitrogen and oxygen atoms in total. The first-order valence-corrected chi connectivity index (χ1v) is 6.80. The summed E-state index contributed by atoms with van der Waals surface area (Å²) >= 11 is 0. The number of aryl methyl sites for hydroxylation is 1. The number of hydrogen-bond acceptors (Lipinski definition) is 2. The first kappa shape index (κ1) is 13.1. The molecule has 0 saturated carbocycles. The van der Waals surface area contributed by atoms with Crippen LogP contribution in [0.2, 0.25) is 0 Å². The van der Waals surface area contributed by atoms with Gasteiger partial charge < -0.3 is 9.84 Å². The number of benzene rings is 2. The number of aliphatic hydroxyl groups is 1. The van der Waals surface area contributed by atoms with Gasteiger partial charge in [-0.1, -0.05) is 24.3 Å². The Balaban J connectivity index is 1.79. The smallest absolute Gasteiger partial charge is 0.123 e. The molecule has 104 valence electrons. The van der Waals surface area contributed by atoms with E-state index in [9.17, 15) is 9.50 Å². The normalized spacial score (nSPS) is 18.4. The maximum atomic E-state index is 13.1. The van der Waals surface area contributed by atoms with E-state index in [1.165, 1.54) is 12.1 Å². The van der Waals surface area contributed by atoms with Crippen molar-refractivity contribution < 1.29 is 14.2 Å². The number of rotatable bonds is 3. The van der Waals surface area contributed by atoms with Crippen molar-refractivity contribution in [3.63, 3.8) is 0 Å². The highest BCUT2D eigenvalue weighted by Crippen LogP contribution is 2.36. The number of para-hydroxylation sites is 1. The summed E-state index contributed by atoms with van der Waals surface area (Å²) in [6, 6.07) is 12.5. The Labute approximate surface area is 117 Å². The second kappa shape index (κ2) is 5.25. The maximum absolute atomic E-state index is 13.1. The highest BCUT2D eigenvalue weighted by molar-refractivity contribution is 5.40. The molecule has 0 amide bonds. The number of hydrogen-bond donors (Lipinski definition) is 1. The minimum Gasteiger partial charge on any atom is -0.493 e. The van der Waals surface area contributed by atoms with Crippen molar-refractivity contribution in [1.82, 2.24) is 0 Å². The van der Waals surface area contributed by atoms with E-state index in [4.69, 9.17) is 4.74 Å². The molecule has 3 rings (SSSR count). The third-order valence-corrected chi connectivity index (χ3v) is 3.94. The monoisotopic (exact) mass is 272 g/mol. The van der Waals surface area contributed by atoms with Crippen molar-refractivity contribution in [2.24, 2.45) is 0 Å². The molecule has 1 N–H and O–H groups in total. The fraction of sp³-hybridized carbons (Fsp3) is 0.294. The lowest BCUT2D eigenvalue weighted by atomic mass is 9.90. The molecule has 2 aromatic rings. The van der Waals surface area contributed by atoms with Crippen LogP contribution < -0.4 is 4.74 Å². The zero-order valence-electron chi connectivity index (χ0n) is 11.3. The van der Waals surface area contributed by atoms with Crippen LogP contribution >= 0.6 is 0 Å². The summed E-state index contributed by atoms with van der Waals surface area (Å²) in [5, 5.41) is 10.5. The average Bonchev–Trinajstić information content (AvgIpc) is 2.86. The summed E-state index contributed by atoms with van der Waals surface area (Å²) < 4.78 is 18.7. The number of fused-ring (bicyclic) bond motifs is 1. The van der Waals surface area contributed by atoms with Gasteiger partial charge in [-0.25, -0.2) is 4.39 Å². The average molecular weight is 272 g/mol. The molecule has 1 aliphatic rings. The van der Waals surface area contributed by atoms with E-state index < -0.39 is 6.10 Å². The molecular formula is C17H17FO2. The van der Waals surface area contributed by atoms with E-state index in [1.54, 1.807) is 6.07 Å². The fourth-order valence-corrected chi connectivity index (χ4v) is 2.76. The second-order valence-electron chi connectivity index (χ2n) is 5.30. The molecule has 3 heteroatoms. The Bertz CT molecular complexity index is 624. The third-order valence-electron chi connectivity index (χ3n) is 3.94. The van der Waals surface area contributed by atoms with Crippen molar-refractivity contribution in [1.29, 1.82) is 0 Å². The van der Waals surface area contributed by atoms with Crippen LogP contribution in [0.15, 0.2) is 42.5 Å². The summed E-state index contributed by atoms with van der Waals surface area (Å²) in [6.07, 6.45) is -0.0168. The van der Waals surface area contributed by atoms with E-state index in [0.717, 1.165) is 22.4 Å². The summed E-state index contributed by atoms with van der Waals surface area (Å²) in [7, 11) is 0. The van der Waals surface area contributed by atoms with Gasteiger partial charge in [0.15, 0.2) is 0 Å². The van der Waals surface area contributed by atoms with Gasteiger partial charge in [0.2, 0.25) is 0 Å². The molecule has 20 heavy (non-hydrogen) atoms. The molecule has 1 aliphatic heterocycles. The Morgan fingerprint density at radius 3 is 2.90 bits per heavy atom. The molecule has 0 aliphatic carbocycles. The maximum Gasteiger partial charge on any atom is 0.123 e. The lowest BCUT2D eigenvalue weighted by Crippen LogP contribution is -2.22. The summed E-state index contributed by atoms with van der Waals surface area (Å²) in [4.78, 5) is 0. The standard InChI is InChI=1S/C17H17FO2/c1-11-8-13(18)7-6-12(11)9-16(19)15-10-20-17-5-3-2-4-14(15)17/h2-8,15-16,19H,9-10H2,1H3. The molecule has 0 fully saturated rings. The van der Waals surface area contributed by atoms with Crippen molar-refractivity contribution >= 4 is 0 Å². The zero-order chi connectivity index (χ0) is 14.1. The number of aliphatic hydroxyl groups excluding tert-OH is 1. The Hall–Kier alpha value is -1.87. The van der Waals surface area contributed by atoms with Gasteiger partial charge in [0, 0.05) is 11.5 Å². The van der Waals surface area contributed by atoms with Crippen LogP contribution in [0.5, 0.6) is 5.75 Å². The topological polar surface area (TPSA) is 29.5 Å². The Morgan fingerprint density at radius 1 is 1.30 bits per heavy atom. The minimum absolute atomic E-state index is 0.0179. The molecule has 0 spiro atoms. The molecule has 0 aromatic heterocycles. The lowest BCUT2D eigenvalue weighted by Gasteiger charge is -2.18. The Morgan fingerprint density at radius 2 is 2.10 bits per heavy atom. The van der Waals surface area contributed by atoms with Gasteiger partial charge in [-0.15, -0.1) is 0 Å². The largest absolute Gasteiger partial charge is 0.493 e. The van der Waals surface area contributed by atoms with Crippen molar-refractivity contribution in [2.45, 2.75) is 25.4 Å². The molecule has 0 radical (unpaired) electrons. The molecule has 2 aromatic carbocycles. The SMILES string of the molecule is Cc1cc(F)ccc1CC(O)C1COc2ccccc21. The number of halogens is 1. The molecule has 1 heterocycles. The molecule has 2 unspecified atom stereocenters. The van der Waals surface area contributed by atoms with Crippen molar-refractivity contribution in [3.05, 3.63) is 65.0 Å². The van der Waals surface area contributed by atoms with Gasteiger partial charge in [0.1, 0.15) is 11.6 Å². The van der Waals surface area contributed by atoms with Gasteiger partial charge in [-0.3, -0.25) is 0 Å². The van der Waals surface area contributed by atoms with Gasteiger partial charge in [-0.2, -0.15) is 0 Å². The first-order valence-electron chi connectivity index (χ1n) is 6.80. The van der Waals surface area contributed by atoms with E-state index in [0.29, 0.717) is 13.0 Å². The van der Waals surface area contributed by atoms with E-state index >= 15 is 0 Å². The fourth-order valence-electron chi connectivity index (χ4n) is 2.76. The Kier molecular flexibility index (Phi) is 3.45. The highest BCUT2D eigenvalue weighted by Gasteiger charge is 2.30.